The average molecular weight is 362 g/mol. The van der Waals surface area contributed by atoms with E-state index in [0.717, 1.165) is 5.56 Å². The first-order valence-electron chi connectivity index (χ1n) is 8.21. The van der Waals surface area contributed by atoms with Crippen LogP contribution in [0.15, 0.2) is 42.5 Å². The van der Waals surface area contributed by atoms with Crippen LogP contribution in [0.25, 0.3) is 0 Å². The van der Waals surface area contributed by atoms with Crippen molar-refractivity contribution in [2.24, 2.45) is 5.92 Å². The lowest BCUT2D eigenvalue weighted by molar-refractivity contribution is -0.149. The third kappa shape index (κ3) is 4.92. The molecule has 0 aliphatic heterocycles. The second kappa shape index (κ2) is 8.80. The molecule has 26 heavy (non-hydrogen) atoms. The third-order valence-electron chi connectivity index (χ3n) is 3.93. The van der Waals surface area contributed by atoms with E-state index >= 15 is 0 Å². The number of rotatable bonds is 7. The molecule has 0 radical (unpaired) electrons. The van der Waals surface area contributed by atoms with Gasteiger partial charge in [0, 0.05) is 12.1 Å². The highest BCUT2D eigenvalue weighted by Crippen LogP contribution is 2.19. The lowest BCUT2D eigenvalue weighted by Gasteiger charge is -2.22. The minimum Gasteiger partial charge on any atom is -0.492 e. The van der Waals surface area contributed by atoms with E-state index < -0.39 is 29.9 Å². The average Bonchev–Trinajstić information content (AvgIpc) is 2.96. The highest BCUT2D eigenvalue weighted by atomic mass is 16.7. The number of hydrogen-bond acceptors (Lipinski definition) is 6. The summed E-state index contributed by atoms with van der Waals surface area (Å²) < 4.78 is 5.70. The Kier molecular flexibility index (Phi) is 6.48. The molecule has 2 aromatic rings. The normalized spacial score (nSPS) is 12.8. The Labute approximate surface area is 150 Å². The first kappa shape index (κ1) is 19.2. The molecule has 1 aromatic heterocycles. The second-order valence-electron chi connectivity index (χ2n) is 5.82. The molecule has 0 aliphatic carbocycles. The van der Waals surface area contributed by atoms with Crippen LogP contribution in [0.3, 0.4) is 0 Å². The molecule has 0 fully saturated rings. The van der Waals surface area contributed by atoms with Gasteiger partial charge in [0.05, 0.1) is 0 Å². The van der Waals surface area contributed by atoms with Crippen LogP contribution < -0.4 is 10.2 Å². The Morgan fingerprint density at radius 3 is 2.31 bits per heavy atom. The summed E-state index contributed by atoms with van der Waals surface area (Å²) in [5.74, 6) is -1.97. The molecule has 1 heterocycles. The number of hydrogen-bond donors (Lipinski definition) is 3. The van der Waals surface area contributed by atoms with Crippen molar-refractivity contribution in [1.29, 1.82) is 0 Å². The smallest absolute Gasteiger partial charge is 0.408 e. The summed E-state index contributed by atoms with van der Waals surface area (Å²) in [5, 5.41) is 21.6. The molecule has 0 unspecified atom stereocenters. The van der Waals surface area contributed by atoms with Gasteiger partial charge in [-0.15, -0.1) is 4.73 Å². The lowest BCUT2D eigenvalue weighted by atomic mass is 10.00. The topological polar surface area (TPSA) is 110 Å². The Morgan fingerprint density at radius 2 is 1.73 bits per heavy atom. The summed E-state index contributed by atoms with van der Waals surface area (Å²) in [7, 11) is 0. The number of amides is 1. The molecular weight excluding hydrogens is 340 g/mol. The molecule has 140 valence electrons. The van der Waals surface area contributed by atoms with Crippen LogP contribution in [0.1, 0.15) is 25.8 Å². The Morgan fingerprint density at radius 1 is 1.12 bits per heavy atom. The van der Waals surface area contributed by atoms with Crippen molar-refractivity contribution in [3.05, 3.63) is 48.0 Å². The van der Waals surface area contributed by atoms with Crippen molar-refractivity contribution in [2.75, 3.05) is 0 Å². The van der Waals surface area contributed by atoms with Crippen LogP contribution in [0, 0.1) is 5.92 Å². The van der Waals surface area contributed by atoms with Gasteiger partial charge in [0.2, 0.25) is 11.8 Å². The van der Waals surface area contributed by atoms with Crippen molar-refractivity contribution in [2.45, 2.75) is 32.9 Å². The summed E-state index contributed by atoms with van der Waals surface area (Å²) in [6.45, 7) is 3.68. The molecule has 8 heteroatoms. The number of alkyl carbamates (subject to hydrolysis) is 1. The number of carbonyl (C=O) groups excluding carboxylic acids is 2. The van der Waals surface area contributed by atoms with E-state index in [4.69, 9.17) is 9.57 Å². The highest BCUT2D eigenvalue weighted by molar-refractivity contribution is 5.82. The molecular formula is C18H22N2O6. The van der Waals surface area contributed by atoms with Crippen LogP contribution in [0.5, 0.6) is 11.8 Å². The Hall–Kier alpha value is -3.16. The number of benzene rings is 1. The van der Waals surface area contributed by atoms with Gasteiger partial charge in [-0.1, -0.05) is 50.6 Å². The zero-order valence-electron chi connectivity index (χ0n) is 14.6. The molecule has 1 amide bonds. The monoisotopic (exact) mass is 362 g/mol. The summed E-state index contributed by atoms with van der Waals surface area (Å²) >= 11 is 0. The maximum absolute atomic E-state index is 12.4. The summed E-state index contributed by atoms with van der Waals surface area (Å²) in [4.78, 5) is 29.4. The third-order valence-corrected chi connectivity index (χ3v) is 3.93. The maximum atomic E-state index is 12.4. The number of ether oxygens (including phenoxy) is 1. The SMILES string of the molecule is CC[C@H](C)[C@H](NC(=O)OCc1ccccc1)C(=O)On1c(O)ccc1O. The first-order chi connectivity index (χ1) is 12.4. The molecule has 0 bridgehead atoms. The fraction of sp³-hybridized carbons (Fsp3) is 0.333. The largest absolute Gasteiger partial charge is 0.492 e. The summed E-state index contributed by atoms with van der Waals surface area (Å²) in [5.41, 5.74) is 0.813. The molecule has 0 aliphatic rings. The minimum absolute atomic E-state index is 0.0636. The van der Waals surface area contributed by atoms with Crippen molar-refractivity contribution >= 4 is 12.1 Å². The fourth-order valence-corrected chi connectivity index (χ4v) is 2.20. The molecule has 2 rings (SSSR count). The van der Waals surface area contributed by atoms with Gasteiger partial charge in [-0.25, -0.2) is 9.59 Å². The number of nitrogens with zero attached hydrogens (tertiary/aromatic N) is 1. The van der Waals surface area contributed by atoms with E-state index in [9.17, 15) is 19.8 Å². The van der Waals surface area contributed by atoms with E-state index in [1.807, 2.05) is 37.3 Å². The van der Waals surface area contributed by atoms with E-state index in [1.54, 1.807) is 6.92 Å². The van der Waals surface area contributed by atoms with Gasteiger partial charge in [0.25, 0.3) is 0 Å². The van der Waals surface area contributed by atoms with Gasteiger partial charge in [-0.3, -0.25) is 0 Å². The molecule has 0 saturated heterocycles. The Balaban J connectivity index is 1.99. The quantitative estimate of drug-likeness (QED) is 0.696. The van der Waals surface area contributed by atoms with Gasteiger partial charge in [-0.2, -0.15) is 0 Å². The standard InChI is InChI=1S/C18H22N2O6/c1-3-12(2)16(17(23)26-20-14(21)9-10-15(20)22)19-18(24)25-11-13-7-5-4-6-8-13/h4-10,12,16,21-22H,3,11H2,1-2H3,(H,19,24)/t12-,16-/m0/s1. The zero-order chi connectivity index (χ0) is 19.1. The molecule has 8 nitrogen and oxygen atoms in total. The van der Waals surface area contributed by atoms with Crippen LogP contribution in [-0.4, -0.2) is 33.0 Å². The van der Waals surface area contributed by atoms with Crippen molar-refractivity contribution in [3.8, 4) is 11.8 Å². The number of nitrogens with one attached hydrogen (secondary N) is 1. The predicted molar refractivity (Wildman–Crippen MR) is 92.4 cm³/mol. The van der Waals surface area contributed by atoms with Crippen LogP contribution in [-0.2, 0) is 16.1 Å². The highest BCUT2D eigenvalue weighted by Gasteiger charge is 2.30. The van der Waals surface area contributed by atoms with Gasteiger partial charge >= 0.3 is 12.1 Å². The van der Waals surface area contributed by atoms with E-state index in [1.165, 1.54) is 12.1 Å². The second-order valence-corrected chi connectivity index (χ2v) is 5.82. The van der Waals surface area contributed by atoms with Crippen LogP contribution in [0.4, 0.5) is 4.79 Å². The lowest BCUT2D eigenvalue weighted by Crippen LogP contribution is -2.48. The van der Waals surface area contributed by atoms with Crippen molar-refractivity contribution in [3.63, 3.8) is 0 Å². The van der Waals surface area contributed by atoms with Gasteiger partial charge in [0.15, 0.2) is 0 Å². The van der Waals surface area contributed by atoms with Crippen LogP contribution in [0.2, 0.25) is 0 Å². The molecule has 0 spiro atoms. The van der Waals surface area contributed by atoms with E-state index in [2.05, 4.69) is 5.32 Å². The minimum atomic E-state index is -1.01. The van der Waals surface area contributed by atoms with Gasteiger partial charge in [0.1, 0.15) is 12.6 Å². The van der Waals surface area contributed by atoms with Crippen molar-refractivity contribution < 1.29 is 29.4 Å². The zero-order valence-corrected chi connectivity index (χ0v) is 14.6. The van der Waals surface area contributed by atoms with E-state index in [-0.39, 0.29) is 12.5 Å². The summed E-state index contributed by atoms with van der Waals surface area (Å²) in [6.07, 6.45) is -0.181. The predicted octanol–water partition coefficient (Wildman–Crippen LogP) is 2.20. The van der Waals surface area contributed by atoms with Crippen LogP contribution >= 0.6 is 0 Å². The molecule has 0 saturated carbocycles. The van der Waals surface area contributed by atoms with E-state index in [0.29, 0.717) is 11.2 Å². The number of carbonyl (C=O) groups is 2. The molecule has 3 N–H and O–H groups in total. The molecule has 2 atom stereocenters. The summed E-state index contributed by atoms with van der Waals surface area (Å²) in [6, 6.07) is 10.5. The first-order valence-corrected chi connectivity index (χ1v) is 8.21. The maximum Gasteiger partial charge on any atom is 0.408 e. The van der Waals surface area contributed by atoms with Gasteiger partial charge < -0.3 is 25.1 Å². The number of aromatic nitrogens is 1. The molecule has 1 aromatic carbocycles. The van der Waals surface area contributed by atoms with Gasteiger partial charge in [-0.05, 0) is 11.5 Å². The fourth-order valence-electron chi connectivity index (χ4n) is 2.20. The van der Waals surface area contributed by atoms with Crippen molar-refractivity contribution in [1.82, 2.24) is 10.0 Å². The number of aromatic hydroxyl groups is 2. The Bertz CT molecular complexity index is 724.